The second-order valence-corrected chi connectivity index (χ2v) is 7.13. The molecule has 3 heterocycles. The molecule has 0 radical (unpaired) electrons. The van der Waals surface area contributed by atoms with Crippen molar-refractivity contribution in [1.29, 1.82) is 0 Å². The number of anilines is 1. The van der Waals surface area contributed by atoms with Gasteiger partial charge in [-0.15, -0.1) is 0 Å². The Hall–Kier alpha value is -2.47. The molecule has 6 heteroatoms. The van der Waals surface area contributed by atoms with Crippen LogP contribution < -0.4 is 5.32 Å². The van der Waals surface area contributed by atoms with Crippen LogP contribution in [-0.4, -0.2) is 32.7 Å². The van der Waals surface area contributed by atoms with Crippen LogP contribution in [0.5, 0.6) is 0 Å². The summed E-state index contributed by atoms with van der Waals surface area (Å²) in [5.74, 6) is 2.02. The lowest BCUT2D eigenvalue weighted by atomic mass is 9.89. The molecule has 1 aliphatic heterocycles. The lowest BCUT2D eigenvalue weighted by Crippen LogP contribution is -2.29. The zero-order valence-electron chi connectivity index (χ0n) is 15.6. The van der Waals surface area contributed by atoms with Crippen LogP contribution in [0.4, 0.5) is 5.82 Å². The quantitative estimate of drug-likeness (QED) is 0.777. The smallest absolute Gasteiger partial charge is 0.254 e. The predicted octanol–water partition coefficient (Wildman–Crippen LogP) is 3.63. The highest BCUT2D eigenvalue weighted by atomic mass is 16.5. The molecule has 1 N–H and O–H groups in total. The molecule has 0 saturated carbocycles. The molecule has 2 unspecified atom stereocenters. The van der Waals surface area contributed by atoms with E-state index in [1.54, 1.807) is 10.8 Å². The normalized spacial score (nSPS) is 20.4. The van der Waals surface area contributed by atoms with Crippen LogP contribution in [0.1, 0.15) is 41.3 Å². The predicted molar refractivity (Wildman–Crippen MR) is 101 cm³/mol. The Bertz CT molecular complexity index is 902. The minimum absolute atomic E-state index is 0.131. The van der Waals surface area contributed by atoms with Crippen LogP contribution in [-0.2, 0) is 4.74 Å². The van der Waals surface area contributed by atoms with E-state index in [2.05, 4.69) is 58.5 Å². The van der Waals surface area contributed by atoms with Crippen molar-refractivity contribution in [2.45, 2.75) is 39.7 Å². The summed E-state index contributed by atoms with van der Waals surface area (Å²) in [5.41, 5.74) is 4.61. The standard InChI is InChI=1S/C20H25N5O/c1-13-6-8-16(9-7-13)18-17(5-4-10-26-18)11-21-19-14(2)15(3)24-20-22-12-23-25(19)20/h6-9,12,17-18,21H,4-5,10-11H2,1-3H3. The van der Waals surface area contributed by atoms with Gasteiger partial charge in [-0.3, -0.25) is 0 Å². The number of fused-ring (bicyclic) bond motifs is 1. The number of hydrogen-bond acceptors (Lipinski definition) is 5. The van der Waals surface area contributed by atoms with Gasteiger partial charge < -0.3 is 10.1 Å². The van der Waals surface area contributed by atoms with E-state index in [9.17, 15) is 0 Å². The Balaban J connectivity index is 1.57. The molecule has 1 aromatic carbocycles. The topological polar surface area (TPSA) is 64.3 Å². The molecule has 0 spiro atoms. The molecule has 1 saturated heterocycles. The third kappa shape index (κ3) is 3.17. The zero-order chi connectivity index (χ0) is 18.1. The number of aromatic nitrogens is 4. The van der Waals surface area contributed by atoms with Gasteiger partial charge in [-0.2, -0.15) is 14.6 Å². The summed E-state index contributed by atoms with van der Waals surface area (Å²) in [4.78, 5) is 8.71. The first-order chi connectivity index (χ1) is 12.6. The number of hydrogen-bond donors (Lipinski definition) is 1. The van der Waals surface area contributed by atoms with Gasteiger partial charge in [-0.25, -0.2) is 4.98 Å². The van der Waals surface area contributed by atoms with E-state index in [0.29, 0.717) is 11.7 Å². The molecule has 6 nitrogen and oxygen atoms in total. The molecular formula is C20H25N5O. The maximum absolute atomic E-state index is 6.14. The van der Waals surface area contributed by atoms with Crippen molar-refractivity contribution in [3.63, 3.8) is 0 Å². The first-order valence-corrected chi connectivity index (χ1v) is 9.22. The van der Waals surface area contributed by atoms with Crippen molar-refractivity contribution < 1.29 is 4.74 Å². The van der Waals surface area contributed by atoms with Crippen LogP contribution in [0.2, 0.25) is 0 Å². The summed E-state index contributed by atoms with van der Waals surface area (Å²) < 4.78 is 7.93. The van der Waals surface area contributed by atoms with Crippen molar-refractivity contribution in [3.8, 4) is 0 Å². The first kappa shape index (κ1) is 17.0. The number of rotatable bonds is 4. The second-order valence-electron chi connectivity index (χ2n) is 7.13. The van der Waals surface area contributed by atoms with Gasteiger partial charge >= 0.3 is 0 Å². The summed E-state index contributed by atoms with van der Waals surface area (Å²) >= 11 is 0. The van der Waals surface area contributed by atoms with E-state index in [4.69, 9.17) is 4.74 Å². The molecular weight excluding hydrogens is 326 g/mol. The minimum Gasteiger partial charge on any atom is -0.373 e. The highest BCUT2D eigenvalue weighted by Gasteiger charge is 2.27. The van der Waals surface area contributed by atoms with E-state index in [1.807, 2.05) is 6.92 Å². The average Bonchev–Trinajstić information content (AvgIpc) is 3.11. The van der Waals surface area contributed by atoms with Crippen LogP contribution in [0.25, 0.3) is 5.78 Å². The van der Waals surface area contributed by atoms with Gasteiger partial charge in [0.15, 0.2) is 0 Å². The maximum atomic E-state index is 6.14. The Kier molecular flexibility index (Phi) is 4.59. The monoisotopic (exact) mass is 351 g/mol. The van der Waals surface area contributed by atoms with Crippen molar-refractivity contribution in [1.82, 2.24) is 19.6 Å². The molecule has 2 atom stereocenters. The van der Waals surface area contributed by atoms with Crippen molar-refractivity contribution in [2.75, 3.05) is 18.5 Å². The minimum atomic E-state index is 0.131. The summed E-state index contributed by atoms with van der Waals surface area (Å²) in [6.45, 7) is 7.85. The molecule has 0 amide bonds. The Morgan fingerprint density at radius 1 is 1.19 bits per heavy atom. The van der Waals surface area contributed by atoms with Gasteiger partial charge in [0.25, 0.3) is 5.78 Å². The summed E-state index contributed by atoms with van der Waals surface area (Å²) in [6, 6.07) is 8.70. The number of aryl methyl sites for hydroxylation is 2. The Labute approximate surface area is 153 Å². The molecule has 0 bridgehead atoms. The van der Waals surface area contributed by atoms with Crippen LogP contribution in [0.3, 0.4) is 0 Å². The third-order valence-electron chi connectivity index (χ3n) is 5.29. The average molecular weight is 351 g/mol. The molecule has 136 valence electrons. The van der Waals surface area contributed by atoms with E-state index < -0.39 is 0 Å². The molecule has 0 aliphatic carbocycles. The van der Waals surface area contributed by atoms with E-state index >= 15 is 0 Å². The molecule has 4 rings (SSSR count). The van der Waals surface area contributed by atoms with Gasteiger partial charge in [0.1, 0.15) is 12.1 Å². The van der Waals surface area contributed by atoms with E-state index in [0.717, 1.165) is 43.1 Å². The van der Waals surface area contributed by atoms with Gasteiger partial charge in [-0.05, 0) is 39.2 Å². The second kappa shape index (κ2) is 7.03. The highest BCUT2D eigenvalue weighted by Crippen LogP contribution is 2.34. The van der Waals surface area contributed by atoms with E-state index in [-0.39, 0.29) is 6.10 Å². The third-order valence-corrected chi connectivity index (χ3v) is 5.29. The van der Waals surface area contributed by atoms with Crippen LogP contribution in [0.15, 0.2) is 30.6 Å². The maximum Gasteiger partial charge on any atom is 0.254 e. The number of benzene rings is 1. The van der Waals surface area contributed by atoms with E-state index in [1.165, 1.54) is 11.1 Å². The van der Waals surface area contributed by atoms with Crippen molar-refractivity contribution >= 4 is 11.6 Å². The number of nitrogens with zero attached hydrogens (tertiary/aromatic N) is 4. The molecule has 2 aromatic heterocycles. The van der Waals surface area contributed by atoms with Gasteiger partial charge in [0.2, 0.25) is 0 Å². The highest BCUT2D eigenvalue weighted by molar-refractivity contribution is 5.51. The molecule has 1 aliphatic rings. The van der Waals surface area contributed by atoms with Gasteiger partial charge in [0, 0.05) is 30.3 Å². The summed E-state index contributed by atoms with van der Waals surface area (Å²) in [5, 5.41) is 7.92. The fraction of sp³-hybridized carbons (Fsp3) is 0.450. The van der Waals surface area contributed by atoms with Gasteiger partial charge in [0.05, 0.1) is 6.10 Å². The van der Waals surface area contributed by atoms with Crippen molar-refractivity contribution in [2.24, 2.45) is 5.92 Å². The summed E-state index contributed by atoms with van der Waals surface area (Å²) in [6.07, 6.45) is 3.92. The summed E-state index contributed by atoms with van der Waals surface area (Å²) in [7, 11) is 0. The number of nitrogens with one attached hydrogen (secondary N) is 1. The fourth-order valence-electron chi connectivity index (χ4n) is 3.65. The SMILES string of the molecule is Cc1ccc(C2OCCCC2CNc2c(C)c(C)nc3ncnn23)cc1. The largest absolute Gasteiger partial charge is 0.373 e. The molecule has 1 fully saturated rings. The van der Waals surface area contributed by atoms with Crippen molar-refractivity contribution in [3.05, 3.63) is 53.0 Å². The molecule has 3 aromatic rings. The lowest BCUT2D eigenvalue weighted by Gasteiger charge is -2.32. The lowest BCUT2D eigenvalue weighted by molar-refractivity contribution is -0.0238. The Morgan fingerprint density at radius 3 is 2.81 bits per heavy atom. The van der Waals surface area contributed by atoms with Gasteiger partial charge in [-0.1, -0.05) is 29.8 Å². The molecule has 26 heavy (non-hydrogen) atoms. The Morgan fingerprint density at radius 2 is 2.00 bits per heavy atom. The first-order valence-electron chi connectivity index (χ1n) is 9.22. The fourth-order valence-corrected chi connectivity index (χ4v) is 3.65. The van der Waals surface area contributed by atoms with Crippen LogP contribution >= 0.6 is 0 Å². The number of ether oxygens (including phenoxy) is 1. The van der Waals surface area contributed by atoms with Crippen LogP contribution in [0, 0.1) is 26.7 Å². The zero-order valence-corrected chi connectivity index (χ0v) is 15.6.